The number of ether oxygens (including phenoxy) is 1. The number of hydrogen-bond donors (Lipinski definition) is 3. The standard InChI is InChI=1S/C35H38F3N9O5/c1-3-39-29(48)20-47-33(51)21(12-27(45-47)23-5-8-31(42-18-23)52-25-15-35(37,38)16-25)10-11-40-30(49)19-46-32(50)9-6-26(44-46)22-4-7-28(41-17-22)43-24-13-34(2,36)14-24/h4-9,12,17-18,24-25H,3,10-11,13-16,19-20H2,1-2H3,(H,39,48)(H,40,49)(H,41,43). The van der Waals surface area contributed by atoms with Gasteiger partial charge in [-0.25, -0.2) is 32.5 Å². The molecule has 0 radical (unpaired) electrons. The number of carbonyl (C=O) groups is 2. The number of pyridine rings is 2. The summed E-state index contributed by atoms with van der Waals surface area (Å²) in [6.45, 7) is 2.96. The minimum atomic E-state index is -2.73. The van der Waals surface area contributed by atoms with Crippen molar-refractivity contribution in [1.82, 2.24) is 40.2 Å². The molecule has 0 aliphatic heterocycles. The van der Waals surface area contributed by atoms with E-state index >= 15 is 0 Å². The minimum absolute atomic E-state index is 0.0104. The van der Waals surface area contributed by atoms with Gasteiger partial charge in [-0.2, -0.15) is 10.2 Å². The van der Waals surface area contributed by atoms with Crippen LogP contribution in [0.3, 0.4) is 0 Å². The first-order chi connectivity index (χ1) is 24.8. The Labute approximate surface area is 295 Å². The van der Waals surface area contributed by atoms with Gasteiger partial charge in [0.05, 0.1) is 11.4 Å². The Morgan fingerprint density at radius 2 is 1.54 bits per heavy atom. The summed E-state index contributed by atoms with van der Waals surface area (Å²) in [5, 5.41) is 17.2. The molecule has 17 heteroatoms. The third-order valence-electron chi connectivity index (χ3n) is 8.72. The van der Waals surface area contributed by atoms with Crippen LogP contribution in [0.5, 0.6) is 5.88 Å². The van der Waals surface area contributed by atoms with Crippen molar-refractivity contribution in [3.8, 4) is 28.4 Å². The lowest BCUT2D eigenvalue weighted by molar-refractivity contribution is -0.135. The van der Waals surface area contributed by atoms with Crippen LogP contribution in [-0.2, 0) is 29.1 Å². The van der Waals surface area contributed by atoms with Gasteiger partial charge in [-0.15, -0.1) is 0 Å². The highest BCUT2D eigenvalue weighted by Gasteiger charge is 2.47. The maximum atomic E-state index is 13.8. The maximum Gasteiger partial charge on any atom is 0.270 e. The van der Waals surface area contributed by atoms with Gasteiger partial charge < -0.3 is 20.7 Å². The number of halogens is 3. The Kier molecular flexibility index (Phi) is 10.4. The van der Waals surface area contributed by atoms with Crippen LogP contribution in [0.1, 0.15) is 45.1 Å². The fourth-order valence-corrected chi connectivity index (χ4v) is 6.03. The summed E-state index contributed by atoms with van der Waals surface area (Å²) in [5.41, 5.74) is -0.101. The molecule has 4 heterocycles. The molecule has 2 aliphatic rings. The van der Waals surface area contributed by atoms with Crippen molar-refractivity contribution in [3.63, 3.8) is 0 Å². The lowest BCUT2D eigenvalue weighted by Crippen LogP contribution is -2.45. The van der Waals surface area contributed by atoms with Gasteiger partial charge in [-0.05, 0) is 50.6 Å². The van der Waals surface area contributed by atoms with Crippen molar-refractivity contribution in [3.05, 3.63) is 81.1 Å². The van der Waals surface area contributed by atoms with Gasteiger partial charge in [0.15, 0.2) is 0 Å². The molecule has 0 bridgehead atoms. The van der Waals surface area contributed by atoms with Crippen LogP contribution in [0.15, 0.2) is 64.4 Å². The van der Waals surface area contributed by atoms with Gasteiger partial charge in [0.2, 0.25) is 17.7 Å². The third-order valence-corrected chi connectivity index (χ3v) is 8.72. The van der Waals surface area contributed by atoms with E-state index in [0.29, 0.717) is 47.7 Å². The number of anilines is 1. The van der Waals surface area contributed by atoms with E-state index in [2.05, 4.69) is 36.1 Å². The van der Waals surface area contributed by atoms with Crippen LogP contribution in [-0.4, -0.2) is 78.2 Å². The van der Waals surface area contributed by atoms with Crippen molar-refractivity contribution >= 4 is 17.6 Å². The maximum absolute atomic E-state index is 13.8. The highest BCUT2D eigenvalue weighted by Crippen LogP contribution is 2.39. The molecule has 4 aromatic rings. The molecule has 2 fully saturated rings. The van der Waals surface area contributed by atoms with Crippen LogP contribution >= 0.6 is 0 Å². The quantitative estimate of drug-likeness (QED) is 0.176. The minimum Gasteiger partial charge on any atom is -0.474 e. The van der Waals surface area contributed by atoms with Crippen molar-refractivity contribution in [2.24, 2.45) is 0 Å². The molecule has 0 spiro atoms. The van der Waals surface area contributed by atoms with Crippen molar-refractivity contribution in [2.45, 2.75) is 82.8 Å². The Bertz CT molecular complexity index is 2040. The first-order valence-electron chi connectivity index (χ1n) is 16.9. The molecule has 0 aromatic carbocycles. The molecule has 6 rings (SSSR count). The second-order valence-electron chi connectivity index (χ2n) is 13.3. The van der Waals surface area contributed by atoms with E-state index in [1.54, 1.807) is 38.2 Å². The van der Waals surface area contributed by atoms with E-state index in [-0.39, 0.29) is 56.4 Å². The zero-order chi connectivity index (χ0) is 37.0. The summed E-state index contributed by atoms with van der Waals surface area (Å²) in [7, 11) is 0. The summed E-state index contributed by atoms with van der Waals surface area (Å²) in [6.07, 6.45) is 2.50. The molecule has 3 N–H and O–H groups in total. The third kappa shape index (κ3) is 8.99. The Hall–Kier alpha value is -5.61. The fraction of sp³-hybridized carbons (Fsp3) is 0.429. The molecule has 14 nitrogen and oxygen atoms in total. The first-order valence-corrected chi connectivity index (χ1v) is 16.9. The topological polar surface area (TPSA) is 175 Å². The van der Waals surface area contributed by atoms with Crippen molar-refractivity contribution < 1.29 is 27.5 Å². The summed E-state index contributed by atoms with van der Waals surface area (Å²) < 4.78 is 47.7. The highest BCUT2D eigenvalue weighted by molar-refractivity contribution is 5.76. The zero-order valence-electron chi connectivity index (χ0n) is 28.6. The van der Waals surface area contributed by atoms with Gasteiger partial charge in [0, 0.05) is 86.0 Å². The van der Waals surface area contributed by atoms with E-state index < -0.39 is 40.6 Å². The number of amides is 2. The molecule has 0 saturated heterocycles. The number of carbonyl (C=O) groups excluding carboxylic acids is 2. The van der Waals surface area contributed by atoms with Crippen LogP contribution in [0.25, 0.3) is 22.5 Å². The predicted octanol–water partition coefficient (Wildman–Crippen LogP) is 2.90. The molecule has 2 amide bonds. The number of rotatable bonds is 14. The first kappa shape index (κ1) is 36.2. The Morgan fingerprint density at radius 3 is 2.19 bits per heavy atom. The number of alkyl halides is 3. The lowest BCUT2D eigenvalue weighted by Gasteiger charge is -2.39. The number of nitrogens with zero attached hydrogens (tertiary/aromatic N) is 6. The second-order valence-corrected chi connectivity index (χ2v) is 13.3. The largest absolute Gasteiger partial charge is 0.474 e. The predicted molar refractivity (Wildman–Crippen MR) is 184 cm³/mol. The number of hydrogen-bond acceptors (Lipinski definition) is 10. The molecule has 2 aliphatic carbocycles. The van der Waals surface area contributed by atoms with Crippen LogP contribution in [0.4, 0.5) is 19.0 Å². The Balaban J connectivity index is 1.09. The summed E-state index contributed by atoms with van der Waals surface area (Å²) in [6, 6.07) is 11.0. The van der Waals surface area contributed by atoms with Crippen LogP contribution < -0.4 is 31.8 Å². The zero-order valence-corrected chi connectivity index (χ0v) is 28.6. The van der Waals surface area contributed by atoms with E-state index in [0.717, 1.165) is 9.36 Å². The van der Waals surface area contributed by atoms with Gasteiger partial charge in [-0.1, -0.05) is 0 Å². The van der Waals surface area contributed by atoms with Gasteiger partial charge in [0.25, 0.3) is 17.0 Å². The monoisotopic (exact) mass is 721 g/mol. The molecule has 52 heavy (non-hydrogen) atoms. The van der Waals surface area contributed by atoms with E-state index in [9.17, 15) is 32.3 Å². The average Bonchev–Trinajstić information content (AvgIpc) is 3.06. The van der Waals surface area contributed by atoms with Crippen LogP contribution in [0, 0.1) is 0 Å². The SMILES string of the molecule is CCNC(=O)Cn1nc(-c2ccc(OC3CC(F)(F)C3)nc2)cc(CCNC(=O)Cn2nc(-c3ccc(NC4CC(C)(F)C4)nc3)ccc2=O)c1=O. The van der Waals surface area contributed by atoms with Crippen molar-refractivity contribution in [2.75, 3.05) is 18.4 Å². The normalized spacial score (nSPS) is 19.2. The number of aromatic nitrogens is 6. The molecule has 2 saturated carbocycles. The Morgan fingerprint density at radius 1 is 0.865 bits per heavy atom. The highest BCUT2D eigenvalue weighted by atomic mass is 19.3. The van der Waals surface area contributed by atoms with E-state index in [1.165, 1.54) is 30.5 Å². The number of nitrogens with one attached hydrogen (secondary N) is 3. The van der Waals surface area contributed by atoms with Crippen molar-refractivity contribution in [1.29, 1.82) is 0 Å². The van der Waals surface area contributed by atoms with E-state index in [1.807, 2.05) is 0 Å². The van der Waals surface area contributed by atoms with E-state index in [4.69, 9.17) is 4.74 Å². The summed E-state index contributed by atoms with van der Waals surface area (Å²) in [4.78, 5) is 59.6. The molecule has 0 atom stereocenters. The number of likely N-dealkylation sites (N-methyl/N-ethyl adjacent to an activating group) is 1. The molecular formula is C35H38F3N9O5. The van der Waals surface area contributed by atoms with Gasteiger partial charge >= 0.3 is 0 Å². The lowest BCUT2D eigenvalue weighted by atomic mass is 9.79. The van der Waals surface area contributed by atoms with Crippen LogP contribution in [0.2, 0.25) is 0 Å². The average molecular weight is 722 g/mol. The summed E-state index contributed by atoms with van der Waals surface area (Å²) >= 11 is 0. The fourth-order valence-electron chi connectivity index (χ4n) is 6.03. The van der Waals surface area contributed by atoms with Gasteiger partial charge in [0.1, 0.15) is 30.7 Å². The molecule has 4 aromatic heterocycles. The second kappa shape index (κ2) is 14.9. The van der Waals surface area contributed by atoms with Gasteiger partial charge in [-0.3, -0.25) is 19.2 Å². The smallest absolute Gasteiger partial charge is 0.270 e. The molecule has 0 unspecified atom stereocenters. The molecular weight excluding hydrogens is 683 g/mol. The summed E-state index contributed by atoms with van der Waals surface area (Å²) in [5.74, 6) is -2.92. The molecule has 274 valence electrons.